The van der Waals surface area contributed by atoms with E-state index in [1.807, 2.05) is 18.4 Å². The van der Waals surface area contributed by atoms with Crippen LogP contribution in [0.1, 0.15) is 31.2 Å². The molecule has 1 aromatic heterocycles. The summed E-state index contributed by atoms with van der Waals surface area (Å²) in [5.74, 6) is 0.0992. The predicted molar refractivity (Wildman–Crippen MR) is 86.3 cm³/mol. The highest BCUT2D eigenvalue weighted by Gasteiger charge is 2.33. The lowest BCUT2D eigenvalue weighted by molar-refractivity contribution is -0.122. The summed E-state index contributed by atoms with van der Waals surface area (Å²) >= 11 is 1.67. The van der Waals surface area contributed by atoms with Crippen molar-refractivity contribution >= 4 is 29.7 Å². The van der Waals surface area contributed by atoms with Gasteiger partial charge >= 0.3 is 0 Å². The summed E-state index contributed by atoms with van der Waals surface area (Å²) in [7, 11) is 0. The van der Waals surface area contributed by atoms with Crippen molar-refractivity contribution in [3.8, 4) is 0 Å². The average Bonchev–Trinajstić information content (AvgIpc) is 2.99. The van der Waals surface area contributed by atoms with E-state index in [4.69, 9.17) is 5.73 Å². The number of likely N-dealkylation sites (tertiary alicyclic amines) is 1. The highest BCUT2D eigenvalue weighted by Crippen LogP contribution is 2.28. The molecule has 1 fully saturated rings. The van der Waals surface area contributed by atoms with E-state index < -0.39 is 0 Å². The summed E-state index contributed by atoms with van der Waals surface area (Å²) in [6.45, 7) is 7.28. The van der Waals surface area contributed by atoms with Gasteiger partial charge in [0.25, 0.3) is 0 Å². The van der Waals surface area contributed by atoms with E-state index in [1.165, 1.54) is 4.88 Å². The lowest BCUT2D eigenvalue weighted by Crippen LogP contribution is -2.39. The molecule has 2 rings (SSSR count). The van der Waals surface area contributed by atoms with Gasteiger partial charge in [-0.2, -0.15) is 0 Å². The number of carbonyl (C=O) groups is 1. The molecule has 1 aliphatic rings. The molecule has 6 heteroatoms. The SMILES string of the molecule is CC(NC(=O)CN1CCC(C)(CN)C1)c1cccs1.Cl. The number of hydrogen-bond donors (Lipinski definition) is 2. The molecule has 0 saturated carbocycles. The minimum Gasteiger partial charge on any atom is -0.348 e. The van der Waals surface area contributed by atoms with E-state index in [0.717, 1.165) is 19.5 Å². The second-order valence-electron chi connectivity index (χ2n) is 5.78. The van der Waals surface area contributed by atoms with Gasteiger partial charge in [0.15, 0.2) is 0 Å². The van der Waals surface area contributed by atoms with Gasteiger partial charge in [0, 0.05) is 11.4 Å². The van der Waals surface area contributed by atoms with Crippen molar-refractivity contribution < 1.29 is 4.79 Å². The number of rotatable bonds is 5. The molecule has 2 unspecified atom stereocenters. The highest BCUT2D eigenvalue weighted by molar-refractivity contribution is 7.10. The van der Waals surface area contributed by atoms with Crippen molar-refractivity contribution in [2.75, 3.05) is 26.2 Å². The van der Waals surface area contributed by atoms with Crippen LogP contribution in [0.5, 0.6) is 0 Å². The number of nitrogens with zero attached hydrogens (tertiary/aromatic N) is 1. The highest BCUT2D eigenvalue weighted by atomic mass is 35.5. The molecule has 1 amide bonds. The summed E-state index contributed by atoms with van der Waals surface area (Å²) in [5, 5.41) is 5.09. The Bertz CT molecular complexity index is 426. The molecule has 4 nitrogen and oxygen atoms in total. The van der Waals surface area contributed by atoms with Crippen LogP contribution in [0.3, 0.4) is 0 Å². The molecule has 2 atom stereocenters. The zero-order valence-electron chi connectivity index (χ0n) is 12.1. The van der Waals surface area contributed by atoms with Gasteiger partial charge in [0.1, 0.15) is 0 Å². The van der Waals surface area contributed by atoms with Crippen LogP contribution < -0.4 is 11.1 Å². The van der Waals surface area contributed by atoms with E-state index in [0.29, 0.717) is 13.1 Å². The van der Waals surface area contributed by atoms with Gasteiger partial charge in [-0.25, -0.2) is 0 Å². The topological polar surface area (TPSA) is 58.4 Å². The van der Waals surface area contributed by atoms with Crippen molar-refractivity contribution in [1.29, 1.82) is 0 Å². The standard InChI is InChI=1S/C14H23N3OS.ClH/c1-11(12-4-3-7-19-12)16-13(18)8-17-6-5-14(2,9-15)10-17;/h3-4,7,11H,5-6,8-10,15H2,1-2H3,(H,16,18);1H. The number of amides is 1. The second-order valence-corrected chi connectivity index (χ2v) is 6.76. The van der Waals surface area contributed by atoms with Crippen molar-refractivity contribution in [2.24, 2.45) is 11.1 Å². The first-order chi connectivity index (χ1) is 9.02. The molecule has 1 aromatic rings. The Morgan fingerprint density at radius 3 is 2.95 bits per heavy atom. The van der Waals surface area contributed by atoms with Crippen LogP contribution in [0, 0.1) is 5.41 Å². The van der Waals surface area contributed by atoms with Gasteiger partial charge in [-0.3, -0.25) is 9.69 Å². The van der Waals surface area contributed by atoms with E-state index in [-0.39, 0.29) is 29.8 Å². The lowest BCUT2D eigenvalue weighted by Gasteiger charge is -2.22. The molecule has 1 aliphatic heterocycles. The third-order valence-corrected chi connectivity index (χ3v) is 4.90. The minimum atomic E-state index is 0. The third-order valence-electron chi connectivity index (χ3n) is 3.84. The molecule has 0 bridgehead atoms. The first-order valence-electron chi connectivity index (χ1n) is 6.78. The van der Waals surface area contributed by atoms with Crippen molar-refractivity contribution in [3.63, 3.8) is 0 Å². The zero-order valence-corrected chi connectivity index (χ0v) is 13.7. The Kier molecular flexibility index (Phi) is 6.45. The quantitative estimate of drug-likeness (QED) is 0.873. The Balaban J connectivity index is 0.00000200. The van der Waals surface area contributed by atoms with Crippen molar-refractivity contribution in [2.45, 2.75) is 26.3 Å². The molecule has 0 radical (unpaired) electrons. The Morgan fingerprint density at radius 2 is 2.40 bits per heavy atom. The Labute approximate surface area is 131 Å². The molecular formula is C14H24ClN3OS. The maximum Gasteiger partial charge on any atom is 0.234 e. The van der Waals surface area contributed by atoms with Gasteiger partial charge in [-0.15, -0.1) is 23.7 Å². The molecule has 1 saturated heterocycles. The summed E-state index contributed by atoms with van der Waals surface area (Å²) in [5.41, 5.74) is 5.96. The Hall–Kier alpha value is -0.620. The molecule has 2 heterocycles. The van der Waals surface area contributed by atoms with E-state index in [1.54, 1.807) is 11.3 Å². The predicted octanol–water partition coefficient (Wildman–Crippen LogP) is 2.02. The van der Waals surface area contributed by atoms with Crippen molar-refractivity contribution in [3.05, 3.63) is 22.4 Å². The molecule has 3 N–H and O–H groups in total. The maximum absolute atomic E-state index is 12.0. The summed E-state index contributed by atoms with van der Waals surface area (Å²) in [6, 6.07) is 4.16. The van der Waals surface area contributed by atoms with Crippen LogP contribution in [0.15, 0.2) is 17.5 Å². The number of thiophene rings is 1. The molecule has 0 aromatic carbocycles. The number of halogens is 1. The van der Waals surface area contributed by atoms with Gasteiger partial charge in [-0.1, -0.05) is 13.0 Å². The summed E-state index contributed by atoms with van der Waals surface area (Å²) < 4.78 is 0. The maximum atomic E-state index is 12.0. The number of nitrogens with two attached hydrogens (primary N) is 1. The Morgan fingerprint density at radius 1 is 1.65 bits per heavy atom. The van der Waals surface area contributed by atoms with Crippen molar-refractivity contribution in [1.82, 2.24) is 10.2 Å². The van der Waals surface area contributed by atoms with Gasteiger partial charge in [-0.05, 0) is 43.3 Å². The fourth-order valence-corrected chi connectivity index (χ4v) is 3.26. The fraction of sp³-hybridized carbons (Fsp3) is 0.643. The van der Waals surface area contributed by atoms with Crippen LogP contribution in [0.4, 0.5) is 0 Å². The fourth-order valence-electron chi connectivity index (χ4n) is 2.53. The monoisotopic (exact) mass is 317 g/mol. The van der Waals surface area contributed by atoms with E-state index in [9.17, 15) is 4.79 Å². The van der Waals surface area contributed by atoms with Crippen LogP contribution in [-0.2, 0) is 4.79 Å². The molecule has 114 valence electrons. The first-order valence-corrected chi connectivity index (χ1v) is 7.65. The molecule has 20 heavy (non-hydrogen) atoms. The molecule has 0 spiro atoms. The van der Waals surface area contributed by atoms with Crippen LogP contribution >= 0.6 is 23.7 Å². The minimum absolute atomic E-state index is 0. The average molecular weight is 318 g/mol. The van der Waals surface area contributed by atoms with Gasteiger partial charge in [0.05, 0.1) is 12.6 Å². The smallest absolute Gasteiger partial charge is 0.234 e. The summed E-state index contributed by atoms with van der Waals surface area (Å²) in [6.07, 6.45) is 1.08. The van der Waals surface area contributed by atoms with Gasteiger partial charge in [0.2, 0.25) is 5.91 Å². The van der Waals surface area contributed by atoms with Crippen LogP contribution in [0.25, 0.3) is 0 Å². The number of hydrogen-bond acceptors (Lipinski definition) is 4. The first kappa shape index (κ1) is 17.4. The normalized spacial score (nSPS) is 24.1. The third kappa shape index (κ3) is 4.45. The van der Waals surface area contributed by atoms with E-state index >= 15 is 0 Å². The second kappa shape index (κ2) is 7.41. The number of nitrogens with one attached hydrogen (secondary N) is 1. The van der Waals surface area contributed by atoms with E-state index in [2.05, 4.69) is 23.2 Å². The molecule has 0 aliphatic carbocycles. The summed E-state index contributed by atoms with van der Waals surface area (Å²) in [4.78, 5) is 15.4. The number of carbonyl (C=O) groups excluding carboxylic acids is 1. The lowest BCUT2D eigenvalue weighted by atomic mass is 9.90. The largest absolute Gasteiger partial charge is 0.348 e. The van der Waals surface area contributed by atoms with Gasteiger partial charge < -0.3 is 11.1 Å². The van der Waals surface area contributed by atoms with Crippen LogP contribution in [-0.4, -0.2) is 37.0 Å². The van der Waals surface area contributed by atoms with Crippen LogP contribution in [0.2, 0.25) is 0 Å². The molecular weight excluding hydrogens is 294 g/mol. The zero-order chi connectivity index (χ0) is 13.9.